The van der Waals surface area contributed by atoms with Crippen LogP contribution in [0.1, 0.15) is 4.88 Å². The van der Waals surface area contributed by atoms with E-state index in [0.717, 1.165) is 27.5 Å². The molecule has 0 radical (unpaired) electrons. The molecule has 98 valence electrons. The van der Waals surface area contributed by atoms with E-state index in [2.05, 4.69) is 48.9 Å². The van der Waals surface area contributed by atoms with Crippen molar-refractivity contribution in [3.8, 4) is 10.7 Å². The van der Waals surface area contributed by atoms with Gasteiger partial charge in [-0.05, 0) is 58.1 Å². The summed E-state index contributed by atoms with van der Waals surface area (Å²) < 4.78 is 3.91. The quantitative estimate of drug-likeness (QED) is 0.672. The Balaban J connectivity index is 1.85. The summed E-state index contributed by atoms with van der Waals surface area (Å²) in [4.78, 5) is 2.48. The Morgan fingerprint density at radius 3 is 2.95 bits per heavy atom. The number of nitrogens with zero attached hydrogens (tertiary/aromatic N) is 2. The van der Waals surface area contributed by atoms with Gasteiger partial charge in [-0.25, -0.2) is 0 Å². The van der Waals surface area contributed by atoms with Gasteiger partial charge in [-0.15, -0.1) is 22.7 Å². The number of aryl methyl sites for hydroxylation is 1. The zero-order valence-corrected chi connectivity index (χ0v) is 13.8. The summed E-state index contributed by atoms with van der Waals surface area (Å²) in [5, 5.41) is 9.26. The van der Waals surface area contributed by atoms with Crippen molar-refractivity contribution in [2.45, 2.75) is 13.0 Å². The maximum Gasteiger partial charge on any atom is 0.195 e. The summed E-state index contributed by atoms with van der Waals surface area (Å²) >= 11 is 12.2. The molecule has 0 fully saturated rings. The summed E-state index contributed by atoms with van der Waals surface area (Å²) in [5.41, 5.74) is 0. The van der Waals surface area contributed by atoms with Crippen LogP contribution in [0, 0.1) is 4.77 Å². The Bertz CT molecular complexity index is 724. The van der Waals surface area contributed by atoms with Gasteiger partial charge in [0.25, 0.3) is 0 Å². The minimum atomic E-state index is 0.680. The third-order valence-electron chi connectivity index (χ3n) is 2.71. The fraction of sp³-hybridized carbons (Fsp3) is 0.167. The van der Waals surface area contributed by atoms with Gasteiger partial charge in [0.2, 0.25) is 0 Å². The van der Waals surface area contributed by atoms with Crippen molar-refractivity contribution < 1.29 is 0 Å². The predicted octanol–water partition coefficient (Wildman–Crippen LogP) is 4.74. The number of rotatable bonds is 4. The van der Waals surface area contributed by atoms with Crippen LogP contribution in [0.2, 0.25) is 0 Å². The molecule has 0 aliphatic rings. The molecule has 3 heterocycles. The number of nitrogens with one attached hydrogen (secondary N) is 1. The van der Waals surface area contributed by atoms with Crippen LogP contribution in [0.25, 0.3) is 10.7 Å². The number of thiophene rings is 2. The Morgan fingerprint density at radius 1 is 1.37 bits per heavy atom. The molecule has 0 atom stereocenters. The van der Waals surface area contributed by atoms with Crippen LogP contribution in [-0.4, -0.2) is 14.8 Å². The van der Waals surface area contributed by atoms with Crippen LogP contribution >= 0.6 is 50.8 Å². The van der Waals surface area contributed by atoms with Gasteiger partial charge in [-0.3, -0.25) is 9.67 Å². The third kappa shape index (κ3) is 2.89. The van der Waals surface area contributed by atoms with Gasteiger partial charge in [0.05, 0.1) is 8.66 Å². The maximum absolute atomic E-state index is 5.31. The van der Waals surface area contributed by atoms with Crippen LogP contribution in [-0.2, 0) is 13.0 Å². The van der Waals surface area contributed by atoms with Crippen LogP contribution in [0.5, 0.6) is 0 Å². The molecule has 3 aromatic heterocycles. The highest BCUT2D eigenvalue weighted by Gasteiger charge is 2.10. The number of hydrogen-bond donors (Lipinski definition) is 1. The summed E-state index contributed by atoms with van der Waals surface area (Å²) in [6.45, 7) is 0.843. The highest BCUT2D eigenvalue weighted by Crippen LogP contribution is 2.25. The normalized spacial score (nSPS) is 11.0. The molecule has 0 unspecified atom stereocenters. The number of H-pyrrole nitrogens is 1. The van der Waals surface area contributed by atoms with Crippen molar-refractivity contribution in [1.82, 2.24) is 14.8 Å². The Labute approximate surface area is 132 Å². The van der Waals surface area contributed by atoms with E-state index >= 15 is 0 Å². The minimum Gasteiger partial charge on any atom is -0.299 e. The molecule has 0 saturated carbocycles. The smallest absolute Gasteiger partial charge is 0.195 e. The second kappa shape index (κ2) is 5.70. The van der Waals surface area contributed by atoms with E-state index in [0.29, 0.717) is 4.77 Å². The molecule has 1 N–H and O–H groups in total. The lowest BCUT2D eigenvalue weighted by Crippen LogP contribution is -2.02. The van der Waals surface area contributed by atoms with Crippen molar-refractivity contribution in [2.75, 3.05) is 0 Å². The van der Waals surface area contributed by atoms with Crippen LogP contribution in [0.3, 0.4) is 0 Å². The molecule has 3 rings (SSSR count). The molecule has 3 aromatic rings. The molecule has 0 saturated heterocycles. The zero-order valence-electron chi connectivity index (χ0n) is 9.80. The average Bonchev–Trinajstić information content (AvgIpc) is 3.08. The molecule has 0 aliphatic heterocycles. The zero-order chi connectivity index (χ0) is 13.2. The van der Waals surface area contributed by atoms with Crippen molar-refractivity contribution in [1.29, 1.82) is 0 Å². The first kappa shape index (κ1) is 13.2. The Kier molecular flexibility index (Phi) is 3.97. The van der Waals surface area contributed by atoms with Gasteiger partial charge < -0.3 is 0 Å². The number of aromatic nitrogens is 3. The fourth-order valence-corrected chi connectivity index (χ4v) is 4.24. The molecular formula is C12H10BrN3S3. The van der Waals surface area contributed by atoms with Gasteiger partial charge in [0, 0.05) is 11.4 Å². The molecule has 0 aromatic carbocycles. The van der Waals surface area contributed by atoms with Crippen molar-refractivity contribution in [2.24, 2.45) is 0 Å². The largest absolute Gasteiger partial charge is 0.299 e. The molecule has 0 amide bonds. The molecule has 0 bridgehead atoms. The van der Waals surface area contributed by atoms with E-state index < -0.39 is 0 Å². The highest BCUT2D eigenvalue weighted by atomic mass is 79.9. The van der Waals surface area contributed by atoms with Crippen molar-refractivity contribution in [3.63, 3.8) is 0 Å². The second-order valence-corrected chi connectivity index (χ2v) is 7.82. The molecular weight excluding hydrogens is 362 g/mol. The molecule has 7 heteroatoms. The third-order valence-corrected chi connectivity index (χ3v) is 5.57. The highest BCUT2D eigenvalue weighted by molar-refractivity contribution is 9.11. The van der Waals surface area contributed by atoms with Crippen molar-refractivity contribution >= 4 is 50.8 Å². The van der Waals surface area contributed by atoms with E-state index in [1.165, 1.54) is 4.88 Å². The van der Waals surface area contributed by atoms with Gasteiger partial charge >= 0.3 is 0 Å². The first-order chi connectivity index (χ1) is 9.24. The molecule has 0 spiro atoms. The maximum atomic E-state index is 5.31. The molecule has 3 nitrogen and oxygen atoms in total. The number of hydrogen-bond acceptors (Lipinski definition) is 4. The van der Waals surface area contributed by atoms with E-state index in [9.17, 15) is 0 Å². The van der Waals surface area contributed by atoms with Gasteiger partial charge in [0.15, 0.2) is 10.6 Å². The molecule has 19 heavy (non-hydrogen) atoms. The fourth-order valence-electron chi connectivity index (χ4n) is 1.83. The Morgan fingerprint density at radius 2 is 2.26 bits per heavy atom. The van der Waals surface area contributed by atoms with Gasteiger partial charge in [-0.2, -0.15) is 5.10 Å². The first-order valence-corrected chi connectivity index (χ1v) is 8.57. The minimum absolute atomic E-state index is 0.680. The van der Waals surface area contributed by atoms with Crippen molar-refractivity contribution in [3.05, 3.63) is 43.1 Å². The molecule has 0 aliphatic carbocycles. The second-order valence-electron chi connectivity index (χ2n) is 3.94. The topological polar surface area (TPSA) is 33.6 Å². The lowest BCUT2D eigenvalue weighted by molar-refractivity contribution is 0.698. The average molecular weight is 372 g/mol. The number of halogens is 1. The standard InChI is InChI=1S/C12H10BrN3S3/c13-10-4-3-8(19-10)5-6-16-11(14-15-12(16)17)9-2-1-7-18-9/h1-4,7H,5-6H2,(H,15,17). The van der Waals surface area contributed by atoms with E-state index in [1.54, 1.807) is 22.7 Å². The lowest BCUT2D eigenvalue weighted by atomic mass is 10.3. The van der Waals surface area contributed by atoms with Crippen LogP contribution in [0.4, 0.5) is 0 Å². The summed E-state index contributed by atoms with van der Waals surface area (Å²) in [6, 6.07) is 8.31. The lowest BCUT2D eigenvalue weighted by Gasteiger charge is -2.04. The monoisotopic (exact) mass is 371 g/mol. The van der Waals surface area contributed by atoms with E-state index in [-0.39, 0.29) is 0 Å². The van der Waals surface area contributed by atoms with E-state index in [1.807, 2.05) is 11.4 Å². The van der Waals surface area contributed by atoms with Gasteiger partial charge in [-0.1, -0.05) is 6.07 Å². The first-order valence-electron chi connectivity index (χ1n) is 5.67. The SMILES string of the molecule is S=c1[nH]nc(-c2cccs2)n1CCc1ccc(Br)s1. The van der Waals surface area contributed by atoms with Crippen LogP contribution in [0.15, 0.2) is 33.4 Å². The predicted molar refractivity (Wildman–Crippen MR) is 86.4 cm³/mol. The summed E-state index contributed by atoms with van der Waals surface area (Å²) in [7, 11) is 0. The summed E-state index contributed by atoms with van der Waals surface area (Å²) in [5.74, 6) is 0.927. The Hall–Kier alpha value is -0.760. The summed E-state index contributed by atoms with van der Waals surface area (Å²) in [6.07, 6.45) is 0.961. The van der Waals surface area contributed by atoms with Gasteiger partial charge in [0.1, 0.15) is 0 Å². The van der Waals surface area contributed by atoms with Crippen LogP contribution < -0.4 is 0 Å². The van der Waals surface area contributed by atoms with E-state index in [4.69, 9.17) is 12.2 Å². The number of aromatic amines is 1.